The average molecular weight is 302 g/mol. The molecule has 0 aromatic heterocycles. The van der Waals surface area contributed by atoms with Crippen LogP contribution < -0.4 is 0 Å². The second-order valence-electron chi connectivity index (χ2n) is 5.69. The first-order valence-corrected chi connectivity index (χ1v) is 8.06. The van der Waals surface area contributed by atoms with Gasteiger partial charge < -0.3 is 0 Å². The molecule has 0 atom stereocenters. The van der Waals surface area contributed by atoms with Crippen molar-refractivity contribution < 1.29 is 4.39 Å². The molecule has 3 rings (SSSR count). The Morgan fingerprint density at radius 2 is 1.65 bits per heavy atom. The zero-order valence-corrected chi connectivity index (χ0v) is 13.3. The van der Waals surface area contributed by atoms with Crippen LogP contribution in [0.5, 0.6) is 0 Å². The quantitative estimate of drug-likeness (QED) is 0.543. The molecule has 114 valence electrons. The number of halogens is 1. The van der Waals surface area contributed by atoms with Crippen LogP contribution in [0.1, 0.15) is 36.5 Å². The summed E-state index contributed by atoms with van der Waals surface area (Å²) in [4.78, 5) is 0. The molecular weight excluding hydrogens is 283 g/mol. The van der Waals surface area contributed by atoms with Crippen molar-refractivity contribution in [2.45, 2.75) is 26.2 Å². The largest absolute Gasteiger partial charge is 0.206 e. The van der Waals surface area contributed by atoms with Crippen molar-refractivity contribution in [3.05, 3.63) is 83.2 Å². The Hall–Kier alpha value is -2.59. The minimum absolute atomic E-state index is 0.230. The summed E-state index contributed by atoms with van der Waals surface area (Å²) in [5.74, 6) is 5.87. The third kappa shape index (κ3) is 3.60. The Morgan fingerprint density at radius 1 is 0.870 bits per heavy atom. The maximum Gasteiger partial charge on any atom is 0.139 e. The van der Waals surface area contributed by atoms with Crippen molar-refractivity contribution >= 4 is 10.8 Å². The van der Waals surface area contributed by atoms with Gasteiger partial charge in [0.15, 0.2) is 0 Å². The smallest absolute Gasteiger partial charge is 0.139 e. The molecule has 0 nitrogen and oxygen atoms in total. The summed E-state index contributed by atoms with van der Waals surface area (Å²) in [7, 11) is 0. The molecule has 0 spiro atoms. The monoisotopic (exact) mass is 302 g/mol. The number of rotatable bonds is 3. The summed E-state index contributed by atoms with van der Waals surface area (Å²) in [6.07, 6.45) is 3.12. The number of aryl methyl sites for hydroxylation is 1. The third-order valence-corrected chi connectivity index (χ3v) is 3.97. The van der Waals surface area contributed by atoms with E-state index in [1.54, 1.807) is 12.1 Å². The van der Waals surface area contributed by atoms with Crippen LogP contribution in [0.4, 0.5) is 4.39 Å². The first kappa shape index (κ1) is 15.3. The molecule has 0 saturated carbocycles. The second-order valence-corrected chi connectivity index (χ2v) is 5.69. The predicted octanol–water partition coefficient (Wildman–Crippen LogP) is 5.72. The van der Waals surface area contributed by atoms with Crippen LogP contribution >= 0.6 is 0 Å². The van der Waals surface area contributed by atoms with E-state index < -0.39 is 0 Å². The molecule has 0 heterocycles. The molecule has 0 amide bonds. The Balaban J connectivity index is 1.92. The van der Waals surface area contributed by atoms with Crippen LogP contribution in [0.25, 0.3) is 10.8 Å². The molecule has 0 radical (unpaired) electrons. The van der Waals surface area contributed by atoms with Crippen molar-refractivity contribution in [3.8, 4) is 11.8 Å². The van der Waals surface area contributed by atoms with Gasteiger partial charge in [-0.05, 0) is 47.4 Å². The van der Waals surface area contributed by atoms with Gasteiger partial charge in [0.1, 0.15) is 5.82 Å². The third-order valence-electron chi connectivity index (χ3n) is 3.97. The van der Waals surface area contributed by atoms with Gasteiger partial charge >= 0.3 is 0 Å². The van der Waals surface area contributed by atoms with E-state index in [0.717, 1.165) is 41.2 Å². The van der Waals surface area contributed by atoms with Gasteiger partial charge in [0.25, 0.3) is 0 Å². The summed E-state index contributed by atoms with van der Waals surface area (Å²) in [5, 5.41) is 2.25. The van der Waals surface area contributed by atoms with Crippen molar-refractivity contribution in [2.75, 3.05) is 0 Å². The fraction of sp³-hybridized carbons (Fsp3) is 0.182. The van der Waals surface area contributed by atoms with E-state index in [9.17, 15) is 4.39 Å². The Morgan fingerprint density at radius 3 is 2.48 bits per heavy atom. The van der Waals surface area contributed by atoms with Gasteiger partial charge in [0.05, 0.1) is 5.56 Å². The average Bonchev–Trinajstić information content (AvgIpc) is 2.59. The summed E-state index contributed by atoms with van der Waals surface area (Å²) in [6.45, 7) is 2.14. The van der Waals surface area contributed by atoms with Crippen molar-refractivity contribution in [3.63, 3.8) is 0 Å². The molecule has 0 saturated heterocycles. The molecule has 3 aromatic rings. The van der Waals surface area contributed by atoms with Crippen molar-refractivity contribution in [1.29, 1.82) is 0 Å². The second kappa shape index (κ2) is 7.11. The van der Waals surface area contributed by atoms with Gasteiger partial charge in [-0.1, -0.05) is 67.6 Å². The molecule has 23 heavy (non-hydrogen) atoms. The Labute approximate surface area is 137 Å². The van der Waals surface area contributed by atoms with Crippen LogP contribution in [0, 0.1) is 17.7 Å². The van der Waals surface area contributed by atoms with E-state index in [1.165, 1.54) is 0 Å². The normalized spacial score (nSPS) is 10.3. The van der Waals surface area contributed by atoms with Gasteiger partial charge in [-0.25, -0.2) is 4.39 Å². The lowest BCUT2D eigenvalue weighted by Crippen LogP contribution is -1.90. The fourth-order valence-corrected chi connectivity index (χ4v) is 2.67. The molecule has 1 heteroatoms. The molecule has 3 aromatic carbocycles. The van der Waals surface area contributed by atoms with Crippen LogP contribution in [-0.4, -0.2) is 0 Å². The first-order chi connectivity index (χ1) is 11.3. The SMILES string of the molecule is CCCCc1ccc(C#Cc2cccc3ccccc23)c(F)c1. The standard InChI is InChI=1S/C22H19F/c1-2-3-7-17-12-13-20(22(23)16-17)15-14-19-10-6-9-18-8-4-5-11-21(18)19/h4-6,8-13,16H,2-3,7H2,1H3. The lowest BCUT2D eigenvalue weighted by molar-refractivity contribution is 0.620. The fourth-order valence-electron chi connectivity index (χ4n) is 2.67. The summed E-state index contributed by atoms with van der Waals surface area (Å²) in [5.41, 5.74) is 2.43. The first-order valence-electron chi connectivity index (χ1n) is 8.06. The molecule has 0 unspecified atom stereocenters. The highest BCUT2D eigenvalue weighted by Crippen LogP contribution is 2.18. The van der Waals surface area contributed by atoms with E-state index in [4.69, 9.17) is 0 Å². The van der Waals surface area contributed by atoms with E-state index in [2.05, 4.69) is 30.9 Å². The Bertz CT molecular complexity index is 876. The van der Waals surface area contributed by atoms with Crippen LogP contribution in [0.15, 0.2) is 60.7 Å². The van der Waals surface area contributed by atoms with Gasteiger partial charge in [0, 0.05) is 5.56 Å². The topological polar surface area (TPSA) is 0 Å². The molecule has 0 aliphatic rings. The lowest BCUT2D eigenvalue weighted by Gasteiger charge is -2.02. The summed E-state index contributed by atoms with van der Waals surface area (Å²) >= 11 is 0. The number of hydrogen-bond acceptors (Lipinski definition) is 0. The predicted molar refractivity (Wildman–Crippen MR) is 94.9 cm³/mol. The molecule has 0 bridgehead atoms. The van der Waals surface area contributed by atoms with E-state index in [0.29, 0.717) is 5.56 Å². The zero-order chi connectivity index (χ0) is 16.1. The minimum atomic E-state index is -0.230. The van der Waals surface area contributed by atoms with Crippen LogP contribution in [-0.2, 0) is 6.42 Å². The van der Waals surface area contributed by atoms with Crippen molar-refractivity contribution in [1.82, 2.24) is 0 Å². The molecule has 0 fully saturated rings. The lowest BCUT2D eigenvalue weighted by atomic mass is 10.0. The zero-order valence-electron chi connectivity index (χ0n) is 13.3. The molecule has 0 aliphatic heterocycles. The minimum Gasteiger partial charge on any atom is -0.206 e. The number of fused-ring (bicyclic) bond motifs is 1. The molecular formula is C22H19F. The highest BCUT2D eigenvalue weighted by Gasteiger charge is 2.02. The maximum atomic E-state index is 14.2. The highest BCUT2D eigenvalue weighted by atomic mass is 19.1. The number of benzene rings is 3. The van der Waals surface area contributed by atoms with Crippen LogP contribution in [0.3, 0.4) is 0 Å². The highest BCUT2D eigenvalue weighted by molar-refractivity contribution is 5.88. The Kier molecular flexibility index (Phi) is 4.74. The van der Waals surface area contributed by atoms with Gasteiger partial charge in [-0.2, -0.15) is 0 Å². The molecule has 0 N–H and O–H groups in total. The van der Waals surface area contributed by atoms with Crippen molar-refractivity contribution in [2.24, 2.45) is 0 Å². The van der Waals surface area contributed by atoms with E-state index in [-0.39, 0.29) is 5.82 Å². The summed E-state index contributed by atoms with van der Waals surface area (Å²) < 4.78 is 14.2. The number of unbranched alkanes of at least 4 members (excludes halogenated alkanes) is 1. The van der Waals surface area contributed by atoms with Gasteiger partial charge in [-0.3, -0.25) is 0 Å². The summed E-state index contributed by atoms with van der Waals surface area (Å²) in [6, 6.07) is 19.5. The molecule has 0 aliphatic carbocycles. The van der Waals surface area contributed by atoms with E-state index in [1.807, 2.05) is 36.4 Å². The maximum absolute atomic E-state index is 14.2. The van der Waals surface area contributed by atoms with Gasteiger partial charge in [-0.15, -0.1) is 0 Å². The number of hydrogen-bond donors (Lipinski definition) is 0. The van der Waals surface area contributed by atoms with Crippen LogP contribution in [0.2, 0.25) is 0 Å². The van der Waals surface area contributed by atoms with Gasteiger partial charge in [0.2, 0.25) is 0 Å². The van der Waals surface area contributed by atoms with E-state index >= 15 is 0 Å².